The van der Waals surface area contributed by atoms with Crippen molar-refractivity contribution in [3.63, 3.8) is 0 Å². The van der Waals surface area contributed by atoms with Gasteiger partial charge in [0.15, 0.2) is 17.0 Å². The highest BCUT2D eigenvalue weighted by atomic mass is 35.5. The second-order valence-corrected chi connectivity index (χ2v) is 25.7. The summed E-state index contributed by atoms with van der Waals surface area (Å²) in [5.74, 6) is 2.51. The van der Waals surface area contributed by atoms with E-state index in [1.54, 1.807) is 7.11 Å². The summed E-state index contributed by atoms with van der Waals surface area (Å²) >= 11 is 30.2. The molecule has 11 rings (SSSR count). The van der Waals surface area contributed by atoms with Crippen molar-refractivity contribution in [1.29, 1.82) is 0 Å². The zero-order valence-corrected chi connectivity index (χ0v) is 52.0. The molecule has 0 N–H and O–H groups in total. The molecule has 0 radical (unpaired) electrons. The van der Waals surface area contributed by atoms with Crippen LogP contribution in [-0.4, -0.2) is 34.6 Å². The van der Waals surface area contributed by atoms with E-state index in [1.807, 2.05) is 48.5 Å². The number of methoxy groups -OCH3 is 1. The number of ether oxygens (including phenoxy) is 3. The van der Waals surface area contributed by atoms with Crippen molar-refractivity contribution in [2.24, 2.45) is 0 Å². The topological polar surface area (TPSA) is 60.6 Å². The molecule has 2 aliphatic heterocycles. The van der Waals surface area contributed by atoms with Gasteiger partial charge in [0.25, 0.3) is 0 Å². The molecule has 0 aliphatic carbocycles. The Bertz CT molecular complexity index is 3980. The van der Waals surface area contributed by atoms with Gasteiger partial charge in [0.2, 0.25) is 11.7 Å². The Morgan fingerprint density at radius 3 is 1.61 bits per heavy atom. The number of fused-ring (bicyclic) bond motifs is 4. The molecule has 11 heteroatoms. The van der Waals surface area contributed by atoms with Crippen LogP contribution in [0.1, 0.15) is 112 Å². The van der Waals surface area contributed by atoms with Gasteiger partial charge in [-0.1, -0.05) is 216 Å². The maximum absolute atomic E-state index is 8.67. The lowest BCUT2D eigenvalue weighted by Gasteiger charge is -2.42. The number of allylic oxidation sites excluding steroid dienone is 1. The molecule has 1 aromatic heterocycles. The Morgan fingerprint density at radius 1 is 0.590 bits per heavy atom. The van der Waals surface area contributed by atoms with Crippen LogP contribution in [0.25, 0.3) is 50.8 Å². The van der Waals surface area contributed by atoms with E-state index in [2.05, 4.69) is 200 Å². The lowest BCUT2D eigenvalue weighted by Crippen LogP contribution is -2.69. The molecule has 8 aromatic carbocycles. The first-order valence-corrected chi connectivity index (χ1v) is 29.9. The van der Waals surface area contributed by atoms with E-state index in [9.17, 15) is 0 Å². The first-order valence-electron chi connectivity index (χ1n) is 28.4. The molecule has 0 amide bonds. The zero-order chi connectivity index (χ0) is 58.7. The lowest BCUT2D eigenvalue weighted by atomic mass is 9.81. The van der Waals surface area contributed by atoms with Gasteiger partial charge in [-0.05, 0) is 137 Å². The number of halogens is 4. The third-order valence-corrected chi connectivity index (χ3v) is 17.7. The SMILES string of the molecule is CCC(C)=C(c1c(Cl)cccc1Cl)[N+]1=C(OC)c2cc(C(C)(C)C)cc(-c3ccccc3C)c2OC1(Cc1ccccc1)C1C(Cc2ccccc2)Oc2c(-c3ccccc3C)cc(C(C)(C)C)cc2-c2onc(-c3c(Cl)cccc3Cl)[n+]21. The van der Waals surface area contributed by atoms with Crippen molar-refractivity contribution in [2.75, 3.05) is 7.11 Å². The molecule has 422 valence electrons. The molecule has 3 unspecified atom stereocenters. The fourth-order valence-electron chi connectivity index (χ4n) is 12.0. The summed E-state index contributed by atoms with van der Waals surface area (Å²) in [6.07, 6.45) is 0.326. The number of hydrogen-bond donors (Lipinski definition) is 0. The fourth-order valence-corrected chi connectivity index (χ4v) is 13.1. The highest BCUT2D eigenvalue weighted by Crippen LogP contribution is 2.54. The molecular formula is C72H69Cl4N3O4+2. The van der Waals surface area contributed by atoms with Crippen LogP contribution in [0, 0.1) is 13.8 Å². The number of nitrogens with zero attached hydrogens (tertiary/aromatic N) is 3. The van der Waals surface area contributed by atoms with Crippen molar-refractivity contribution < 1.29 is 27.9 Å². The maximum Gasteiger partial charge on any atom is 0.384 e. The normalized spacial score (nSPS) is 17.1. The first kappa shape index (κ1) is 57.7. The number of hydrogen-bond acceptors (Lipinski definition) is 5. The molecule has 3 heterocycles. The average molecular weight is 1180 g/mol. The van der Waals surface area contributed by atoms with Crippen LogP contribution in [-0.2, 0) is 28.4 Å². The largest absolute Gasteiger partial charge is 0.484 e. The van der Waals surface area contributed by atoms with Crippen LogP contribution >= 0.6 is 46.4 Å². The molecule has 0 bridgehead atoms. The summed E-state index contributed by atoms with van der Waals surface area (Å²) in [5.41, 5.74) is 11.9. The summed E-state index contributed by atoms with van der Waals surface area (Å²) < 4.78 is 35.6. The Hall–Kier alpha value is -7.13. The monoisotopic (exact) mass is 1180 g/mol. The van der Waals surface area contributed by atoms with Crippen molar-refractivity contribution in [3.8, 4) is 56.6 Å². The van der Waals surface area contributed by atoms with Gasteiger partial charge in [-0.25, -0.2) is 4.52 Å². The quantitative estimate of drug-likeness (QED) is 0.121. The van der Waals surface area contributed by atoms with Gasteiger partial charge < -0.3 is 14.2 Å². The summed E-state index contributed by atoms with van der Waals surface area (Å²) in [6, 6.07) is 57.0. The maximum atomic E-state index is 8.67. The molecule has 0 saturated carbocycles. The minimum atomic E-state index is -1.68. The first-order chi connectivity index (χ1) is 39.7. The Kier molecular flexibility index (Phi) is 15.8. The molecule has 0 fully saturated rings. The standard InChI is InChI=1S/C72H69Cl4N3O4/c1-12-43(2)63(61-56(73)33-23-34-57(61)74)79-69(80-11)55-41-49(71(8,9)10)39-53(51-32-22-20-26-45(51)4)65(55)82-72(79,42-47-29-17-14-18-30-47)66-60(37-46-27-15-13-16-28-46)81-64-52(50-31-21-19-25-44(50)3)38-48(70(5,6)7)40-54(64)68-78(66)67(77-83-68)62-58(75)35-24-36-59(62)76/h13-36,38-41,60,66H,12,37,42H2,1-11H3/q+2. The molecule has 0 spiro atoms. The molecule has 0 saturated heterocycles. The van der Waals surface area contributed by atoms with Crippen LogP contribution in [0.15, 0.2) is 180 Å². The van der Waals surface area contributed by atoms with Crippen LogP contribution in [0.2, 0.25) is 20.1 Å². The second-order valence-electron chi connectivity index (χ2n) is 24.0. The Balaban J connectivity index is 1.42. The summed E-state index contributed by atoms with van der Waals surface area (Å²) in [6.45, 7) is 21.9. The molecular weight excluding hydrogens is 1110 g/mol. The number of aromatic nitrogens is 2. The van der Waals surface area contributed by atoms with Gasteiger partial charge in [0.1, 0.15) is 22.4 Å². The fraction of sp³-hybridized carbons (Fsp3) is 0.264. The van der Waals surface area contributed by atoms with Crippen molar-refractivity contribution in [1.82, 2.24) is 5.16 Å². The predicted molar refractivity (Wildman–Crippen MR) is 340 cm³/mol. The predicted octanol–water partition coefficient (Wildman–Crippen LogP) is 19.3. The van der Waals surface area contributed by atoms with E-state index in [0.717, 1.165) is 66.8 Å². The van der Waals surface area contributed by atoms with Gasteiger partial charge in [-0.15, -0.1) is 4.58 Å². The molecule has 7 nitrogen and oxygen atoms in total. The van der Waals surface area contributed by atoms with Crippen molar-refractivity contribution in [3.05, 3.63) is 240 Å². The highest BCUT2D eigenvalue weighted by Gasteiger charge is 2.68. The number of benzene rings is 8. The summed E-state index contributed by atoms with van der Waals surface area (Å²) in [7, 11) is 1.74. The van der Waals surface area contributed by atoms with Gasteiger partial charge in [-0.2, -0.15) is 4.57 Å². The third-order valence-electron chi connectivity index (χ3n) is 16.4. The van der Waals surface area contributed by atoms with Gasteiger partial charge >= 0.3 is 23.3 Å². The summed E-state index contributed by atoms with van der Waals surface area (Å²) in [4.78, 5) is 0. The highest BCUT2D eigenvalue weighted by molar-refractivity contribution is 6.39. The van der Waals surface area contributed by atoms with E-state index in [1.165, 1.54) is 0 Å². The Morgan fingerprint density at radius 2 is 1.08 bits per heavy atom. The van der Waals surface area contributed by atoms with Gasteiger partial charge in [-0.3, -0.25) is 0 Å². The van der Waals surface area contributed by atoms with E-state index in [-0.39, 0.29) is 17.3 Å². The minimum Gasteiger partial charge on any atom is -0.484 e. The van der Waals surface area contributed by atoms with Crippen LogP contribution in [0.3, 0.4) is 0 Å². The smallest absolute Gasteiger partial charge is 0.384 e. The summed E-state index contributed by atoms with van der Waals surface area (Å²) in [5, 5.41) is 6.82. The molecule has 9 aromatic rings. The van der Waals surface area contributed by atoms with Crippen LogP contribution in [0.4, 0.5) is 0 Å². The Labute approximate surface area is 508 Å². The molecule has 83 heavy (non-hydrogen) atoms. The second kappa shape index (κ2) is 22.8. The lowest BCUT2D eigenvalue weighted by molar-refractivity contribution is -0.778. The minimum absolute atomic E-state index is 0.206. The molecule has 3 atom stereocenters. The molecule has 2 aliphatic rings. The third kappa shape index (κ3) is 10.6. The average Bonchev–Trinajstić information content (AvgIpc) is 1.93. The zero-order valence-electron chi connectivity index (χ0n) is 48.9. The van der Waals surface area contributed by atoms with E-state index < -0.39 is 17.9 Å². The number of aryl methyl sites for hydroxylation is 2. The van der Waals surface area contributed by atoms with E-state index in [0.29, 0.717) is 84.4 Å². The van der Waals surface area contributed by atoms with E-state index >= 15 is 0 Å². The van der Waals surface area contributed by atoms with Crippen molar-refractivity contribution in [2.45, 2.75) is 117 Å². The van der Waals surface area contributed by atoms with Crippen LogP contribution in [0.5, 0.6) is 11.5 Å². The van der Waals surface area contributed by atoms with Gasteiger partial charge in [0.05, 0.1) is 39.2 Å². The van der Waals surface area contributed by atoms with Crippen molar-refractivity contribution >= 4 is 58.0 Å². The van der Waals surface area contributed by atoms with Crippen LogP contribution < -0.4 is 14.0 Å². The number of rotatable bonds is 11. The van der Waals surface area contributed by atoms with E-state index in [4.69, 9.17) is 70.3 Å². The van der Waals surface area contributed by atoms with Gasteiger partial charge in [0, 0.05) is 17.5 Å².